The minimum Gasteiger partial charge on any atom is -0.465 e. The molecule has 2 rings (SSSR count). The molecule has 1 aliphatic rings. The van der Waals surface area contributed by atoms with E-state index in [9.17, 15) is 9.59 Å². The molecule has 5 nitrogen and oxygen atoms in total. The van der Waals surface area contributed by atoms with Gasteiger partial charge in [0.15, 0.2) is 0 Å². The minimum atomic E-state index is -0.569. The predicted octanol–water partition coefficient (Wildman–Crippen LogP) is 3.23. The summed E-state index contributed by atoms with van der Waals surface area (Å²) in [4.78, 5) is 24.6. The van der Waals surface area contributed by atoms with Crippen molar-refractivity contribution in [2.24, 2.45) is 5.92 Å². The average molecular weight is 297 g/mol. The molecule has 0 aliphatic heterocycles. The van der Waals surface area contributed by atoms with E-state index >= 15 is 0 Å². The Labute approximate surface area is 122 Å². The van der Waals surface area contributed by atoms with Gasteiger partial charge in [-0.1, -0.05) is 13.3 Å². The number of nitrogens with one attached hydrogen (secondary N) is 1. The zero-order valence-electron chi connectivity index (χ0n) is 11.9. The lowest BCUT2D eigenvalue weighted by molar-refractivity contribution is 0.0601. The first-order valence-corrected chi connectivity index (χ1v) is 7.50. The lowest BCUT2D eigenvalue weighted by atomic mass is 9.86. The lowest BCUT2D eigenvalue weighted by Crippen LogP contribution is -2.16. The molecule has 0 aromatic carbocycles. The third-order valence-corrected chi connectivity index (χ3v) is 4.90. The number of hydrogen-bond donors (Lipinski definition) is 1. The van der Waals surface area contributed by atoms with Gasteiger partial charge in [0.2, 0.25) is 0 Å². The maximum Gasteiger partial charge on any atom is 0.411 e. The second kappa shape index (κ2) is 6.26. The second-order valence-corrected chi connectivity index (χ2v) is 5.94. The smallest absolute Gasteiger partial charge is 0.411 e. The van der Waals surface area contributed by atoms with Crippen molar-refractivity contribution < 1.29 is 19.1 Å². The van der Waals surface area contributed by atoms with Crippen LogP contribution in [0.1, 0.15) is 40.6 Å². The van der Waals surface area contributed by atoms with Crippen LogP contribution in [0.4, 0.5) is 9.80 Å². The Bertz CT molecular complexity index is 523. The van der Waals surface area contributed by atoms with Gasteiger partial charge in [0.05, 0.1) is 19.8 Å². The number of methoxy groups -OCH3 is 2. The highest BCUT2D eigenvalue weighted by atomic mass is 32.1. The van der Waals surface area contributed by atoms with E-state index in [1.165, 1.54) is 30.4 Å². The molecule has 0 fully saturated rings. The summed E-state index contributed by atoms with van der Waals surface area (Å²) in [5.41, 5.74) is 1.52. The molecular weight excluding hydrogens is 278 g/mol. The third kappa shape index (κ3) is 2.80. The predicted molar refractivity (Wildman–Crippen MR) is 77.5 cm³/mol. The molecule has 0 saturated carbocycles. The maximum atomic E-state index is 12.0. The number of esters is 1. The first kappa shape index (κ1) is 14.8. The summed E-state index contributed by atoms with van der Waals surface area (Å²) >= 11 is 1.46. The first-order valence-electron chi connectivity index (χ1n) is 6.68. The molecule has 1 unspecified atom stereocenters. The van der Waals surface area contributed by atoms with E-state index in [1.54, 1.807) is 0 Å². The van der Waals surface area contributed by atoms with E-state index in [0.29, 0.717) is 16.5 Å². The molecule has 1 heterocycles. The van der Waals surface area contributed by atoms with Gasteiger partial charge < -0.3 is 9.47 Å². The van der Waals surface area contributed by atoms with E-state index < -0.39 is 12.1 Å². The van der Waals surface area contributed by atoms with Crippen molar-refractivity contribution in [2.45, 2.75) is 32.6 Å². The summed E-state index contributed by atoms with van der Waals surface area (Å²) < 4.78 is 9.45. The van der Waals surface area contributed by atoms with Gasteiger partial charge in [-0.25, -0.2) is 9.59 Å². The molecule has 0 radical (unpaired) electrons. The number of fused-ring (bicyclic) bond motifs is 1. The summed E-state index contributed by atoms with van der Waals surface area (Å²) in [5, 5.41) is 3.15. The summed E-state index contributed by atoms with van der Waals surface area (Å²) in [6.07, 6.45) is 3.45. The number of amides is 1. The Morgan fingerprint density at radius 3 is 2.70 bits per heavy atom. The fourth-order valence-electron chi connectivity index (χ4n) is 2.55. The van der Waals surface area contributed by atoms with Crippen molar-refractivity contribution >= 4 is 28.4 Å². The van der Waals surface area contributed by atoms with E-state index in [1.807, 2.05) is 0 Å². The number of rotatable bonds is 3. The summed E-state index contributed by atoms with van der Waals surface area (Å²) in [5.74, 6) is 0.251. The fourth-order valence-corrected chi connectivity index (χ4v) is 3.89. The van der Waals surface area contributed by atoms with Crippen molar-refractivity contribution in [1.29, 1.82) is 0 Å². The zero-order chi connectivity index (χ0) is 14.7. The van der Waals surface area contributed by atoms with Crippen LogP contribution < -0.4 is 5.32 Å². The largest absolute Gasteiger partial charge is 0.465 e. The Morgan fingerprint density at radius 1 is 1.35 bits per heavy atom. The van der Waals surface area contributed by atoms with E-state index in [4.69, 9.17) is 4.74 Å². The van der Waals surface area contributed by atoms with Gasteiger partial charge in [-0.05, 0) is 30.7 Å². The Morgan fingerprint density at radius 2 is 2.10 bits per heavy atom. The molecule has 1 N–H and O–H groups in total. The van der Waals surface area contributed by atoms with E-state index in [-0.39, 0.29) is 0 Å². The molecule has 0 saturated heterocycles. The summed E-state index contributed by atoms with van der Waals surface area (Å²) in [7, 11) is 2.65. The van der Waals surface area contributed by atoms with Crippen molar-refractivity contribution in [3.8, 4) is 0 Å². The maximum absolute atomic E-state index is 12.0. The summed E-state index contributed by atoms with van der Waals surface area (Å²) in [6.45, 7) is 2.18. The molecule has 1 aliphatic carbocycles. The van der Waals surface area contributed by atoms with Crippen LogP contribution in [0, 0.1) is 5.92 Å². The highest BCUT2D eigenvalue weighted by molar-refractivity contribution is 7.17. The van der Waals surface area contributed by atoms with Gasteiger partial charge in [0.1, 0.15) is 5.00 Å². The van der Waals surface area contributed by atoms with Crippen LogP contribution in [0.3, 0.4) is 0 Å². The van der Waals surface area contributed by atoms with Crippen LogP contribution in [-0.2, 0) is 22.3 Å². The number of thiophene rings is 1. The van der Waals surface area contributed by atoms with Gasteiger partial charge in [0.25, 0.3) is 0 Å². The molecule has 1 aromatic heterocycles. The number of ether oxygens (including phenoxy) is 2. The highest BCUT2D eigenvalue weighted by Crippen LogP contribution is 2.40. The second-order valence-electron chi connectivity index (χ2n) is 4.83. The van der Waals surface area contributed by atoms with Crippen LogP contribution in [0.5, 0.6) is 0 Å². The lowest BCUT2D eigenvalue weighted by Gasteiger charge is -2.20. The highest BCUT2D eigenvalue weighted by Gasteiger charge is 2.29. The van der Waals surface area contributed by atoms with Gasteiger partial charge in [0, 0.05) is 4.88 Å². The number of carbonyl (C=O) groups excluding carboxylic acids is 2. The molecule has 0 bridgehead atoms. The Kier molecular flexibility index (Phi) is 4.65. The molecule has 20 heavy (non-hydrogen) atoms. The van der Waals surface area contributed by atoms with Crippen LogP contribution in [-0.4, -0.2) is 26.3 Å². The van der Waals surface area contributed by atoms with Crippen molar-refractivity contribution in [1.82, 2.24) is 0 Å². The number of carbonyl (C=O) groups is 2. The van der Waals surface area contributed by atoms with E-state index in [2.05, 4.69) is 17.0 Å². The summed E-state index contributed by atoms with van der Waals surface area (Å²) in [6, 6.07) is 0. The molecule has 110 valence electrons. The number of anilines is 1. The van der Waals surface area contributed by atoms with Crippen LogP contribution in [0.15, 0.2) is 0 Å². The monoisotopic (exact) mass is 297 g/mol. The first-order chi connectivity index (χ1) is 9.60. The fraction of sp³-hybridized carbons (Fsp3) is 0.571. The van der Waals surface area contributed by atoms with Gasteiger partial charge in [-0.2, -0.15) is 0 Å². The van der Waals surface area contributed by atoms with Gasteiger partial charge in [-0.3, -0.25) is 5.32 Å². The van der Waals surface area contributed by atoms with Crippen LogP contribution in [0.25, 0.3) is 0 Å². The van der Waals surface area contributed by atoms with E-state index in [0.717, 1.165) is 31.2 Å². The zero-order valence-corrected chi connectivity index (χ0v) is 12.8. The molecule has 0 spiro atoms. The van der Waals surface area contributed by atoms with Gasteiger partial charge >= 0.3 is 12.1 Å². The topological polar surface area (TPSA) is 64.6 Å². The Hall–Kier alpha value is -1.56. The SMILES string of the molecule is CCC1CCc2c(sc(NC(=O)OC)c2C(=O)OC)C1. The van der Waals surface area contributed by atoms with Gasteiger partial charge in [-0.15, -0.1) is 11.3 Å². The third-order valence-electron chi connectivity index (χ3n) is 3.74. The molecular formula is C14H19NO4S. The van der Waals surface area contributed by atoms with Crippen molar-refractivity contribution in [3.63, 3.8) is 0 Å². The van der Waals surface area contributed by atoms with Crippen LogP contribution in [0.2, 0.25) is 0 Å². The molecule has 6 heteroatoms. The minimum absolute atomic E-state index is 0.399. The van der Waals surface area contributed by atoms with Crippen LogP contribution >= 0.6 is 11.3 Å². The Balaban J connectivity index is 2.38. The standard InChI is InChI=1S/C14H19NO4S/c1-4-8-5-6-9-10(7-8)20-12(15-14(17)19-3)11(9)13(16)18-2/h8H,4-7H2,1-3H3,(H,15,17). The molecule has 1 amide bonds. The molecule has 1 atom stereocenters. The normalized spacial score (nSPS) is 17.2. The quantitative estimate of drug-likeness (QED) is 0.870. The average Bonchev–Trinajstić information content (AvgIpc) is 2.82. The molecule has 1 aromatic rings. The van der Waals surface area contributed by atoms with Crippen molar-refractivity contribution in [2.75, 3.05) is 19.5 Å². The van der Waals surface area contributed by atoms with Crippen molar-refractivity contribution in [3.05, 3.63) is 16.0 Å². The number of hydrogen-bond acceptors (Lipinski definition) is 5.